The van der Waals surface area contributed by atoms with Gasteiger partial charge in [0.05, 0.1) is 12.8 Å². The largest absolute Gasteiger partial charge is 0.481 e. The highest BCUT2D eigenvalue weighted by Gasteiger charge is 2.69. The molecule has 1 fully saturated rings. The first kappa shape index (κ1) is 17.2. The van der Waals surface area contributed by atoms with Crippen molar-refractivity contribution in [2.24, 2.45) is 21.5 Å². The van der Waals surface area contributed by atoms with Crippen LogP contribution in [0.2, 0.25) is 0 Å². The fourth-order valence-corrected chi connectivity index (χ4v) is 3.52. The highest BCUT2D eigenvalue weighted by Crippen LogP contribution is 2.44. The normalized spacial score (nSPS) is 32.2. The average Bonchev–Trinajstić information content (AvgIpc) is 3.00. The molecule has 8 N–H and O–H groups in total. The quantitative estimate of drug-likeness (QED) is 0.212. The third kappa shape index (κ3) is 2.62. The molecule has 0 bridgehead atoms. The van der Waals surface area contributed by atoms with E-state index >= 15 is 0 Å². The van der Waals surface area contributed by atoms with E-state index in [1.807, 2.05) is 0 Å². The van der Waals surface area contributed by atoms with Gasteiger partial charge in [-0.3, -0.25) is 9.59 Å². The molecule has 3 aliphatic heterocycles. The van der Waals surface area contributed by atoms with Gasteiger partial charge in [-0.05, 0) is 0 Å². The first-order chi connectivity index (χ1) is 11.7. The second-order valence-electron chi connectivity index (χ2n) is 6.20. The lowest BCUT2D eigenvalue weighted by Gasteiger charge is -2.48. The predicted molar refractivity (Wildman–Crippen MR) is 83.0 cm³/mol. The van der Waals surface area contributed by atoms with Crippen molar-refractivity contribution in [3.63, 3.8) is 0 Å². The van der Waals surface area contributed by atoms with Crippen molar-refractivity contribution in [1.29, 1.82) is 0 Å². The van der Waals surface area contributed by atoms with Crippen LogP contribution in [0.3, 0.4) is 0 Å². The van der Waals surface area contributed by atoms with Crippen LogP contribution in [0.1, 0.15) is 19.3 Å². The minimum absolute atomic E-state index is 0.000634. The SMILES string of the molecule is NC1=NC2[C@H](COC(=O)CCC(=O)O)N=C(N)N3CCC(O)(O)C23N1. The molecule has 3 heterocycles. The fraction of sp³-hybridized carbons (Fsp3) is 0.692. The van der Waals surface area contributed by atoms with E-state index in [9.17, 15) is 19.8 Å². The van der Waals surface area contributed by atoms with Gasteiger partial charge in [-0.15, -0.1) is 0 Å². The third-order valence-electron chi connectivity index (χ3n) is 4.64. The molecule has 138 valence electrons. The molecular formula is C13H20N6O6. The Morgan fingerprint density at radius 3 is 2.72 bits per heavy atom. The summed E-state index contributed by atoms with van der Waals surface area (Å²) in [6.07, 6.45) is -0.628. The number of rotatable bonds is 5. The zero-order valence-corrected chi connectivity index (χ0v) is 13.3. The number of ether oxygens (including phenoxy) is 1. The molecule has 3 atom stereocenters. The number of hydrogen-bond acceptors (Lipinski definition) is 11. The second kappa shape index (κ2) is 5.74. The minimum atomic E-state index is -2.17. The maximum Gasteiger partial charge on any atom is 0.306 e. The molecule has 1 spiro atoms. The van der Waals surface area contributed by atoms with Crippen molar-refractivity contribution >= 4 is 23.9 Å². The monoisotopic (exact) mass is 356 g/mol. The Bertz CT molecular complexity index is 663. The van der Waals surface area contributed by atoms with Gasteiger partial charge in [0, 0.05) is 13.0 Å². The number of aliphatic hydroxyl groups is 2. The van der Waals surface area contributed by atoms with Crippen LogP contribution >= 0.6 is 0 Å². The van der Waals surface area contributed by atoms with Gasteiger partial charge in [-0.1, -0.05) is 0 Å². The van der Waals surface area contributed by atoms with Crippen molar-refractivity contribution in [3.05, 3.63) is 0 Å². The molecule has 12 heteroatoms. The molecule has 0 aromatic rings. The molecular weight excluding hydrogens is 336 g/mol. The van der Waals surface area contributed by atoms with Crippen molar-refractivity contribution in [2.45, 2.75) is 42.8 Å². The highest BCUT2D eigenvalue weighted by atomic mass is 16.5. The molecule has 12 nitrogen and oxygen atoms in total. The molecule has 25 heavy (non-hydrogen) atoms. The van der Waals surface area contributed by atoms with Crippen molar-refractivity contribution in [3.8, 4) is 0 Å². The minimum Gasteiger partial charge on any atom is -0.481 e. The van der Waals surface area contributed by atoms with E-state index in [4.69, 9.17) is 21.3 Å². The molecule has 3 aliphatic rings. The molecule has 0 aromatic carbocycles. The van der Waals surface area contributed by atoms with Gasteiger partial charge in [-0.2, -0.15) is 0 Å². The Kier molecular flexibility index (Phi) is 3.95. The number of nitrogens with zero attached hydrogens (tertiary/aromatic N) is 3. The number of carboxylic acid groups (broad SMARTS) is 1. The summed E-state index contributed by atoms with van der Waals surface area (Å²) in [6.45, 7) is -0.00625. The molecule has 1 saturated heterocycles. The standard InChI is InChI=1S/C13H20N6O6/c14-10-17-9-6(5-25-8(22)2-1-7(20)21)16-11(15)19-4-3-12(23,24)13(9,19)18-10/h6,9,23-24H,1-5H2,(H2,15,16)(H,20,21)(H3,14,17,18)/t6-,9?,13?/m0/s1. The van der Waals surface area contributed by atoms with Crippen LogP contribution in [0, 0.1) is 0 Å². The van der Waals surface area contributed by atoms with Gasteiger partial charge in [0.15, 0.2) is 17.6 Å². The summed E-state index contributed by atoms with van der Waals surface area (Å²) in [4.78, 5) is 32.0. The van der Waals surface area contributed by atoms with E-state index in [0.29, 0.717) is 0 Å². The summed E-state index contributed by atoms with van der Waals surface area (Å²) in [5.74, 6) is -3.95. The smallest absolute Gasteiger partial charge is 0.306 e. The Labute approximate surface area is 142 Å². The Morgan fingerprint density at radius 2 is 2.04 bits per heavy atom. The van der Waals surface area contributed by atoms with Crippen molar-refractivity contribution in [2.75, 3.05) is 13.2 Å². The zero-order valence-electron chi connectivity index (χ0n) is 13.3. The number of aliphatic imine (C=N–C) groups is 2. The fourth-order valence-electron chi connectivity index (χ4n) is 3.52. The Balaban J connectivity index is 1.79. The summed E-state index contributed by atoms with van der Waals surface area (Å²) in [6, 6.07) is -1.64. The molecule has 0 saturated carbocycles. The van der Waals surface area contributed by atoms with E-state index in [1.165, 1.54) is 4.90 Å². The van der Waals surface area contributed by atoms with Crippen LogP contribution < -0.4 is 16.8 Å². The molecule has 3 rings (SSSR count). The highest BCUT2D eigenvalue weighted by molar-refractivity contribution is 5.87. The first-order valence-electron chi connectivity index (χ1n) is 7.72. The van der Waals surface area contributed by atoms with Gasteiger partial charge in [0.2, 0.25) is 5.79 Å². The number of esters is 1. The summed E-state index contributed by atoms with van der Waals surface area (Å²) in [5.41, 5.74) is 10.2. The molecule has 2 unspecified atom stereocenters. The Hall–Kier alpha value is -2.60. The first-order valence-corrected chi connectivity index (χ1v) is 7.72. The third-order valence-corrected chi connectivity index (χ3v) is 4.64. The van der Waals surface area contributed by atoms with Gasteiger partial charge in [0.25, 0.3) is 0 Å². The number of carbonyl (C=O) groups is 2. The molecule has 0 aromatic heterocycles. The summed E-state index contributed by atoms with van der Waals surface area (Å²) in [5, 5.41) is 32.3. The number of nitrogens with two attached hydrogens (primary N) is 2. The maximum atomic E-state index is 11.6. The zero-order chi connectivity index (χ0) is 18.4. The number of nitrogens with one attached hydrogen (secondary N) is 1. The number of carbonyl (C=O) groups excluding carboxylic acids is 1. The lowest BCUT2D eigenvalue weighted by atomic mass is 9.87. The van der Waals surface area contributed by atoms with Gasteiger partial charge in [-0.25, -0.2) is 9.98 Å². The van der Waals surface area contributed by atoms with Crippen LogP contribution in [-0.4, -0.2) is 80.8 Å². The number of carboxylic acids is 1. The van der Waals surface area contributed by atoms with Crippen molar-refractivity contribution < 1.29 is 29.6 Å². The number of guanidine groups is 2. The van der Waals surface area contributed by atoms with Crippen LogP contribution in [0.5, 0.6) is 0 Å². The van der Waals surface area contributed by atoms with Crippen molar-refractivity contribution in [1.82, 2.24) is 10.2 Å². The summed E-state index contributed by atoms with van der Waals surface area (Å²) < 4.78 is 5.05. The van der Waals surface area contributed by atoms with E-state index in [2.05, 4.69) is 15.3 Å². The lowest BCUT2D eigenvalue weighted by molar-refractivity contribution is -0.221. The van der Waals surface area contributed by atoms with Crippen LogP contribution in [-0.2, 0) is 14.3 Å². The lowest BCUT2D eigenvalue weighted by Crippen LogP contribution is -2.76. The molecule has 0 amide bonds. The summed E-state index contributed by atoms with van der Waals surface area (Å²) in [7, 11) is 0. The van der Waals surface area contributed by atoms with Crippen LogP contribution in [0.25, 0.3) is 0 Å². The number of aliphatic carboxylic acids is 1. The molecule has 0 radical (unpaired) electrons. The summed E-state index contributed by atoms with van der Waals surface area (Å²) >= 11 is 0. The Morgan fingerprint density at radius 1 is 1.32 bits per heavy atom. The maximum absolute atomic E-state index is 11.6. The molecule has 0 aliphatic carbocycles. The average molecular weight is 356 g/mol. The topological polar surface area (TPSA) is 196 Å². The van der Waals surface area contributed by atoms with Gasteiger partial charge >= 0.3 is 11.9 Å². The van der Waals surface area contributed by atoms with E-state index < -0.39 is 35.5 Å². The van der Waals surface area contributed by atoms with Gasteiger partial charge < -0.3 is 41.7 Å². The predicted octanol–water partition coefficient (Wildman–Crippen LogP) is -3.54. The van der Waals surface area contributed by atoms with Crippen LogP contribution in [0.15, 0.2) is 9.98 Å². The second-order valence-corrected chi connectivity index (χ2v) is 6.20. The van der Waals surface area contributed by atoms with Crippen LogP contribution in [0.4, 0.5) is 0 Å². The van der Waals surface area contributed by atoms with E-state index in [1.54, 1.807) is 0 Å². The van der Waals surface area contributed by atoms with Gasteiger partial charge in [0.1, 0.15) is 18.7 Å². The van der Waals surface area contributed by atoms with E-state index in [-0.39, 0.29) is 44.3 Å². The van der Waals surface area contributed by atoms with E-state index in [0.717, 1.165) is 0 Å². The number of hydrogen-bond donors (Lipinski definition) is 6.